The van der Waals surface area contributed by atoms with E-state index in [1.165, 1.54) is 19.8 Å². The van der Waals surface area contributed by atoms with Crippen LogP contribution in [0.5, 0.6) is 11.5 Å². The summed E-state index contributed by atoms with van der Waals surface area (Å²) in [6.07, 6.45) is 0.347. The third kappa shape index (κ3) is 5.92. The molecule has 9 heteroatoms. The molecule has 0 spiro atoms. The summed E-state index contributed by atoms with van der Waals surface area (Å²) < 4.78 is 37.4. The number of nitrogens with zero attached hydrogens (tertiary/aromatic N) is 2. The van der Waals surface area contributed by atoms with E-state index in [1.54, 1.807) is 22.5 Å². The zero-order chi connectivity index (χ0) is 23.1. The monoisotopic (exact) mass is 461 g/mol. The summed E-state index contributed by atoms with van der Waals surface area (Å²) in [6, 6.07) is 13.1. The number of nitrogens with one attached hydrogen (secondary N) is 1. The molecule has 1 N–H and O–H groups in total. The number of benzene rings is 2. The molecule has 3 rings (SSSR count). The van der Waals surface area contributed by atoms with Gasteiger partial charge in [0.05, 0.1) is 20.0 Å². The van der Waals surface area contributed by atoms with Crippen LogP contribution in [0.3, 0.4) is 0 Å². The molecule has 1 fully saturated rings. The van der Waals surface area contributed by atoms with Gasteiger partial charge in [0.25, 0.3) is 5.91 Å². The predicted molar refractivity (Wildman–Crippen MR) is 125 cm³/mol. The molecule has 1 saturated heterocycles. The lowest BCUT2D eigenvalue weighted by atomic mass is 10.2. The normalized spacial score (nSPS) is 14.8. The van der Waals surface area contributed by atoms with Gasteiger partial charge < -0.3 is 19.7 Å². The van der Waals surface area contributed by atoms with E-state index in [0.29, 0.717) is 49.7 Å². The second-order valence-electron chi connectivity index (χ2n) is 7.72. The summed E-state index contributed by atoms with van der Waals surface area (Å²) in [5.41, 5.74) is 2.74. The van der Waals surface area contributed by atoms with Crippen LogP contribution < -0.4 is 19.7 Å². The molecule has 0 bridgehead atoms. The molecule has 174 valence electrons. The Balaban J connectivity index is 1.45. The third-order valence-electron chi connectivity index (χ3n) is 5.51. The molecule has 0 atom stereocenters. The van der Waals surface area contributed by atoms with Crippen molar-refractivity contribution < 1.29 is 22.7 Å². The number of carbonyl (C=O) groups is 1. The van der Waals surface area contributed by atoms with E-state index in [2.05, 4.69) is 22.3 Å². The number of piperazine rings is 1. The van der Waals surface area contributed by atoms with E-state index in [1.807, 2.05) is 19.1 Å². The summed E-state index contributed by atoms with van der Waals surface area (Å²) in [4.78, 5) is 14.6. The van der Waals surface area contributed by atoms with Crippen molar-refractivity contribution in [2.24, 2.45) is 0 Å². The van der Waals surface area contributed by atoms with Crippen LogP contribution in [-0.4, -0.2) is 71.3 Å². The van der Waals surface area contributed by atoms with Gasteiger partial charge in [-0.2, -0.15) is 4.31 Å². The number of anilines is 1. The fourth-order valence-corrected chi connectivity index (χ4v) is 5.20. The van der Waals surface area contributed by atoms with Crippen molar-refractivity contribution in [3.8, 4) is 11.5 Å². The first-order valence-electron chi connectivity index (χ1n) is 10.6. The lowest BCUT2D eigenvalue weighted by Crippen LogP contribution is -2.49. The fourth-order valence-electron chi connectivity index (χ4n) is 3.71. The third-order valence-corrected chi connectivity index (χ3v) is 7.47. The summed E-state index contributed by atoms with van der Waals surface area (Å²) in [5.74, 6) is 0.726. The Labute approximate surface area is 190 Å². The van der Waals surface area contributed by atoms with E-state index in [0.717, 1.165) is 5.69 Å². The maximum absolute atomic E-state index is 12.7. The summed E-state index contributed by atoms with van der Waals surface area (Å²) in [5, 5.41) is 2.77. The minimum Gasteiger partial charge on any atom is -0.493 e. The van der Waals surface area contributed by atoms with Crippen LogP contribution in [0.15, 0.2) is 42.5 Å². The van der Waals surface area contributed by atoms with Gasteiger partial charge in [0, 0.05) is 44.0 Å². The van der Waals surface area contributed by atoms with Crippen LogP contribution in [0.4, 0.5) is 5.69 Å². The molecular formula is C23H31N3O5S. The average molecular weight is 462 g/mol. The van der Waals surface area contributed by atoms with Gasteiger partial charge in [0.2, 0.25) is 10.0 Å². The molecule has 1 amide bonds. The van der Waals surface area contributed by atoms with Crippen LogP contribution in [0.25, 0.3) is 0 Å². The van der Waals surface area contributed by atoms with Crippen molar-refractivity contribution in [2.75, 3.05) is 57.6 Å². The number of amides is 1. The molecule has 1 heterocycles. The topological polar surface area (TPSA) is 88.2 Å². The highest BCUT2D eigenvalue weighted by Crippen LogP contribution is 2.27. The number of methoxy groups -OCH3 is 2. The maximum Gasteiger partial charge on any atom is 0.251 e. The second-order valence-corrected chi connectivity index (χ2v) is 9.81. The first kappa shape index (κ1) is 23.9. The zero-order valence-electron chi connectivity index (χ0n) is 18.8. The van der Waals surface area contributed by atoms with Crippen molar-refractivity contribution >= 4 is 21.6 Å². The SMILES string of the molecule is COc1ccc(C(=O)NCCCS(=O)(=O)N2CCN(c3cccc(C)c3)CC2)cc1OC. The first-order valence-corrected chi connectivity index (χ1v) is 12.2. The Hall–Kier alpha value is -2.78. The van der Waals surface area contributed by atoms with Gasteiger partial charge in [-0.1, -0.05) is 12.1 Å². The van der Waals surface area contributed by atoms with Crippen molar-refractivity contribution in [3.05, 3.63) is 53.6 Å². The van der Waals surface area contributed by atoms with E-state index < -0.39 is 10.0 Å². The minimum atomic E-state index is -3.36. The van der Waals surface area contributed by atoms with Gasteiger partial charge in [0.1, 0.15) is 0 Å². The molecule has 1 aliphatic heterocycles. The zero-order valence-corrected chi connectivity index (χ0v) is 19.7. The number of sulfonamides is 1. The molecule has 2 aromatic rings. The van der Waals surface area contributed by atoms with Gasteiger partial charge >= 0.3 is 0 Å². The van der Waals surface area contributed by atoms with Crippen molar-refractivity contribution in [1.82, 2.24) is 9.62 Å². The molecule has 0 aromatic heterocycles. The Kier molecular flexibility index (Phi) is 7.98. The number of hydrogen-bond donors (Lipinski definition) is 1. The van der Waals surface area contributed by atoms with Crippen LogP contribution in [-0.2, 0) is 10.0 Å². The molecule has 0 radical (unpaired) electrons. The molecule has 0 saturated carbocycles. The number of rotatable bonds is 9. The van der Waals surface area contributed by atoms with Crippen molar-refractivity contribution in [3.63, 3.8) is 0 Å². The first-order chi connectivity index (χ1) is 15.3. The Morgan fingerprint density at radius 1 is 1.00 bits per heavy atom. The van der Waals surface area contributed by atoms with E-state index in [-0.39, 0.29) is 18.2 Å². The van der Waals surface area contributed by atoms with Crippen LogP contribution in [0.2, 0.25) is 0 Å². The highest BCUT2D eigenvalue weighted by atomic mass is 32.2. The average Bonchev–Trinajstić information content (AvgIpc) is 2.81. The molecule has 1 aliphatic rings. The Bertz CT molecular complexity index is 1030. The van der Waals surface area contributed by atoms with Gasteiger partial charge in [-0.3, -0.25) is 4.79 Å². The molecular weight excluding hydrogens is 430 g/mol. The standard InChI is InChI=1S/C23H31N3O5S/c1-18-6-4-7-20(16-18)25-11-13-26(14-12-25)32(28,29)15-5-10-24-23(27)19-8-9-21(30-2)22(17-19)31-3/h4,6-9,16-17H,5,10-15H2,1-3H3,(H,24,27). The number of aryl methyl sites for hydroxylation is 1. The van der Waals surface area contributed by atoms with Gasteiger partial charge in [0.15, 0.2) is 11.5 Å². The lowest BCUT2D eigenvalue weighted by Gasteiger charge is -2.35. The van der Waals surface area contributed by atoms with Crippen LogP contribution >= 0.6 is 0 Å². The molecule has 8 nitrogen and oxygen atoms in total. The number of carbonyl (C=O) groups excluding carboxylic acids is 1. The maximum atomic E-state index is 12.7. The molecule has 0 unspecified atom stereocenters. The molecule has 2 aromatic carbocycles. The van der Waals surface area contributed by atoms with Crippen molar-refractivity contribution in [2.45, 2.75) is 13.3 Å². The van der Waals surface area contributed by atoms with E-state index in [4.69, 9.17) is 9.47 Å². The van der Waals surface area contributed by atoms with E-state index in [9.17, 15) is 13.2 Å². The van der Waals surface area contributed by atoms with Crippen LogP contribution in [0.1, 0.15) is 22.3 Å². The Morgan fingerprint density at radius 3 is 2.38 bits per heavy atom. The minimum absolute atomic E-state index is 0.00363. The summed E-state index contributed by atoms with van der Waals surface area (Å²) >= 11 is 0. The molecule has 0 aliphatic carbocycles. The number of ether oxygens (including phenoxy) is 2. The second kappa shape index (κ2) is 10.7. The summed E-state index contributed by atoms with van der Waals surface area (Å²) in [6.45, 7) is 4.59. The van der Waals surface area contributed by atoms with E-state index >= 15 is 0 Å². The number of hydrogen-bond acceptors (Lipinski definition) is 6. The van der Waals surface area contributed by atoms with Gasteiger partial charge in [-0.25, -0.2) is 8.42 Å². The fraction of sp³-hybridized carbons (Fsp3) is 0.435. The quantitative estimate of drug-likeness (QED) is 0.577. The largest absolute Gasteiger partial charge is 0.493 e. The summed E-state index contributed by atoms with van der Waals surface area (Å²) in [7, 11) is -0.327. The Morgan fingerprint density at radius 2 is 1.72 bits per heavy atom. The molecule has 32 heavy (non-hydrogen) atoms. The predicted octanol–water partition coefficient (Wildman–Crippen LogP) is 2.28. The smallest absolute Gasteiger partial charge is 0.251 e. The highest BCUT2D eigenvalue weighted by Gasteiger charge is 2.26. The lowest BCUT2D eigenvalue weighted by molar-refractivity contribution is 0.0953. The van der Waals surface area contributed by atoms with Crippen LogP contribution in [0, 0.1) is 6.92 Å². The highest BCUT2D eigenvalue weighted by molar-refractivity contribution is 7.89. The van der Waals surface area contributed by atoms with Crippen molar-refractivity contribution in [1.29, 1.82) is 0 Å². The van der Waals surface area contributed by atoms with Gasteiger partial charge in [-0.05, 0) is 49.2 Å². The van der Waals surface area contributed by atoms with Gasteiger partial charge in [-0.15, -0.1) is 0 Å².